The predicted molar refractivity (Wildman–Crippen MR) is 74.0 cm³/mol. The number of anilines is 1. The van der Waals surface area contributed by atoms with Crippen molar-refractivity contribution >= 4 is 11.7 Å². The third-order valence-electron chi connectivity index (χ3n) is 2.73. The minimum Gasteiger partial charge on any atom is -0.481 e. The smallest absolute Gasteiger partial charge is 0.254 e. The number of nitrogens with one attached hydrogen (secondary N) is 2. The first-order valence-electron chi connectivity index (χ1n) is 6.04. The first kappa shape index (κ1) is 14.7. The molecule has 0 spiro atoms. The summed E-state index contributed by atoms with van der Waals surface area (Å²) in [6.45, 7) is 0.211. The average molecular weight is 291 g/mol. The molecule has 1 amide bonds. The van der Waals surface area contributed by atoms with Crippen LogP contribution in [0.15, 0.2) is 30.6 Å². The van der Waals surface area contributed by atoms with Gasteiger partial charge in [0.25, 0.3) is 5.91 Å². The van der Waals surface area contributed by atoms with Crippen molar-refractivity contribution in [3.05, 3.63) is 47.5 Å². The number of aromatic nitrogens is 2. The fourth-order valence-electron chi connectivity index (χ4n) is 1.63. The van der Waals surface area contributed by atoms with Crippen LogP contribution in [-0.4, -0.2) is 23.0 Å². The Morgan fingerprint density at radius 3 is 2.81 bits per heavy atom. The Morgan fingerprint density at radius 2 is 2.19 bits per heavy atom. The van der Waals surface area contributed by atoms with Gasteiger partial charge in [0.1, 0.15) is 0 Å². The van der Waals surface area contributed by atoms with Gasteiger partial charge >= 0.3 is 0 Å². The molecular formula is C13H14FN5O2. The molecule has 2 rings (SSSR count). The molecule has 0 aromatic carbocycles. The summed E-state index contributed by atoms with van der Waals surface area (Å²) >= 11 is 0. The van der Waals surface area contributed by atoms with Crippen LogP contribution in [0.3, 0.4) is 0 Å². The van der Waals surface area contributed by atoms with Gasteiger partial charge in [0.15, 0.2) is 11.6 Å². The number of halogens is 1. The number of hydrazine groups is 1. The quantitative estimate of drug-likeness (QED) is 0.557. The van der Waals surface area contributed by atoms with Gasteiger partial charge in [-0.2, -0.15) is 0 Å². The second kappa shape index (κ2) is 6.62. The lowest BCUT2D eigenvalue weighted by atomic mass is 10.2. The maximum atomic E-state index is 13.9. The number of rotatable bonds is 5. The van der Waals surface area contributed by atoms with Crippen LogP contribution in [0, 0.1) is 5.82 Å². The maximum Gasteiger partial charge on any atom is 0.254 e. The van der Waals surface area contributed by atoms with E-state index >= 15 is 0 Å². The Morgan fingerprint density at radius 1 is 1.38 bits per heavy atom. The van der Waals surface area contributed by atoms with E-state index in [1.807, 2.05) is 0 Å². The van der Waals surface area contributed by atoms with E-state index < -0.39 is 11.7 Å². The van der Waals surface area contributed by atoms with E-state index in [9.17, 15) is 9.18 Å². The van der Waals surface area contributed by atoms with Crippen molar-refractivity contribution < 1.29 is 13.9 Å². The van der Waals surface area contributed by atoms with Gasteiger partial charge in [-0.3, -0.25) is 4.79 Å². The van der Waals surface area contributed by atoms with E-state index in [1.165, 1.54) is 19.4 Å². The van der Waals surface area contributed by atoms with E-state index in [4.69, 9.17) is 10.6 Å². The largest absolute Gasteiger partial charge is 0.481 e. The lowest BCUT2D eigenvalue weighted by Gasteiger charge is -2.08. The van der Waals surface area contributed by atoms with Crippen LogP contribution in [0.2, 0.25) is 0 Å². The molecule has 4 N–H and O–H groups in total. The zero-order valence-corrected chi connectivity index (χ0v) is 11.3. The number of hydrogen-bond donors (Lipinski definition) is 3. The van der Waals surface area contributed by atoms with Gasteiger partial charge in [-0.25, -0.2) is 20.2 Å². The lowest BCUT2D eigenvalue weighted by Crippen LogP contribution is -2.25. The molecule has 110 valence electrons. The lowest BCUT2D eigenvalue weighted by molar-refractivity contribution is 0.0947. The molecule has 0 aliphatic carbocycles. The molecule has 2 heterocycles. The van der Waals surface area contributed by atoms with Crippen molar-refractivity contribution in [2.24, 2.45) is 5.84 Å². The number of nitrogens with zero attached hydrogens (tertiary/aromatic N) is 2. The van der Waals surface area contributed by atoms with Crippen LogP contribution < -0.4 is 21.3 Å². The van der Waals surface area contributed by atoms with Gasteiger partial charge in [0.2, 0.25) is 5.88 Å². The molecule has 0 aliphatic rings. The summed E-state index contributed by atoms with van der Waals surface area (Å²) < 4.78 is 18.8. The van der Waals surface area contributed by atoms with Crippen molar-refractivity contribution in [1.29, 1.82) is 0 Å². The second-order valence-electron chi connectivity index (χ2n) is 4.06. The molecule has 0 saturated heterocycles. The van der Waals surface area contributed by atoms with E-state index in [-0.39, 0.29) is 17.9 Å². The van der Waals surface area contributed by atoms with Gasteiger partial charge < -0.3 is 15.5 Å². The number of ether oxygens (including phenoxy) is 1. The summed E-state index contributed by atoms with van der Waals surface area (Å²) in [7, 11) is 1.51. The summed E-state index contributed by atoms with van der Waals surface area (Å²) in [5, 5.41) is 2.59. The van der Waals surface area contributed by atoms with Gasteiger partial charge in [-0.05, 0) is 11.6 Å². The molecule has 0 atom stereocenters. The minimum atomic E-state index is -0.801. The molecule has 0 radical (unpaired) electrons. The van der Waals surface area contributed by atoms with Crippen molar-refractivity contribution in [1.82, 2.24) is 15.3 Å². The van der Waals surface area contributed by atoms with Crippen molar-refractivity contribution in [2.75, 3.05) is 12.5 Å². The van der Waals surface area contributed by atoms with Gasteiger partial charge in [0.05, 0.1) is 12.7 Å². The van der Waals surface area contributed by atoms with Crippen molar-refractivity contribution in [3.8, 4) is 5.88 Å². The Labute approximate surface area is 120 Å². The maximum absolute atomic E-state index is 13.9. The molecule has 0 bridgehead atoms. The SMILES string of the molecule is COc1ccc(CNC(=O)c2ccnc(NN)c2F)cn1. The van der Waals surface area contributed by atoms with Crippen molar-refractivity contribution in [3.63, 3.8) is 0 Å². The number of hydrogen-bond acceptors (Lipinski definition) is 6. The molecular weight excluding hydrogens is 277 g/mol. The molecule has 7 nitrogen and oxygen atoms in total. The van der Waals surface area contributed by atoms with Crippen LogP contribution >= 0.6 is 0 Å². The van der Waals surface area contributed by atoms with Gasteiger partial charge in [0, 0.05) is 25.0 Å². The van der Waals surface area contributed by atoms with Crippen LogP contribution in [0.25, 0.3) is 0 Å². The van der Waals surface area contributed by atoms with Crippen LogP contribution in [0.5, 0.6) is 5.88 Å². The standard InChI is InChI=1S/C13H14FN5O2/c1-21-10-3-2-8(6-17-10)7-18-13(20)9-4-5-16-12(19-15)11(9)14/h2-6H,7,15H2,1H3,(H,16,19)(H,18,20). The van der Waals surface area contributed by atoms with Crippen molar-refractivity contribution in [2.45, 2.75) is 6.54 Å². The van der Waals surface area contributed by atoms with E-state index in [0.717, 1.165) is 5.56 Å². The second-order valence-corrected chi connectivity index (χ2v) is 4.06. The highest BCUT2D eigenvalue weighted by molar-refractivity contribution is 5.95. The molecule has 21 heavy (non-hydrogen) atoms. The molecule has 2 aromatic rings. The fourth-order valence-corrected chi connectivity index (χ4v) is 1.63. The summed E-state index contributed by atoms with van der Waals surface area (Å²) in [5.41, 5.74) is 2.71. The summed E-state index contributed by atoms with van der Waals surface area (Å²) in [5.74, 6) is 4.03. The Bertz CT molecular complexity index is 633. The van der Waals surface area contributed by atoms with E-state index in [2.05, 4.69) is 20.7 Å². The monoisotopic (exact) mass is 291 g/mol. The molecule has 0 unspecified atom stereocenters. The number of carbonyl (C=O) groups is 1. The average Bonchev–Trinajstić information content (AvgIpc) is 2.53. The topological polar surface area (TPSA) is 102 Å². The highest BCUT2D eigenvalue weighted by Crippen LogP contribution is 2.14. The number of methoxy groups -OCH3 is 1. The third kappa shape index (κ3) is 3.42. The van der Waals surface area contributed by atoms with Crippen LogP contribution in [0.1, 0.15) is 15.9 Å². The summed E-state index contributed by atoms with van der Waals surface area (Å²) in [4.78, 5) is 19.6. The first-order valence-corrected chi connectivity index (χ1v) is 6.04. The van der Waals surface area contributed by atoms with E-state index in [0.29, 0.717) is 5.88 Å². The number of nitrogens with two attached hydrogens (primary N) is 1. The zero-order chi connectivity index (χ0) is 15.2. The molecule has 0 aliphatic heterocycles. The number of amides is 1. The van der Waals surface area contributed by atoms with E-state index in [1.54, 1.807) is 18.3 Å². The summed E-state index contributed by atoms with van der Waals surface area (Å²) in [6.07, 6.45) is 2.86. The Balaban J connectivity index is 2.04. The highest BCUT2D eigenvalue weighted by atomic mass is 19.1. The predicted octanol–water partition coefficient (Wildman–Crippen LogP) is 0.840. The van der Waals surface area contributed by atoms with Gasteiger partial charge in [-0.15, -0.1) is 0 Å². The first-order chi connectivity index (χ1) is 10.2. The van der Waals surface area contributed by atoms with Crippen LogP contribution in [0.4, 0.5) is 10.2 Å². The minimum absolute atomic E-state index is 0.139. The normalized spacial score (nSPS) is 10.0. The third-order valence-corrected chi connectivity index (χ3v) is 2.73. The Hall–Kier alpha value is -2.74. The van der Waals surface area contributed by atoms with Crippen LogP contribution in [-0.2, 0) is 6.54 Å². The molecule has 0 saturated carbocycles. The number of nitrogen functional groups attached to an aromatic ring is 1. The molecule has 8 heteroatoms. The Kier molecular flexibility index (Phi) is 4.62. The fraction of sp³-hybridized carbons (Fsp3) is 0.154. The molecule has 2 aromatic heterocycles. The zero-order valence-electron chi connectivity index (χ0n) is 11.3. The van der Waals surface area contributed by atoms with Gasteiger partial charge in [-0.1, -0.05) is 6.07 Å². The summed E-state index contributed by atoms with van der Waals surface area (Å²) in [6, 6.07) is 4.70. The number of pyridine rings is 2. The number of carbonyl (C=O) groups excluding carboxylic acids is 1. The highest BCUT2D eigenvalue weighted by Gasteiger charge is 2.15. The molecule has 0 fully saturated rings.